The Morgan fingerprint density at radius 2 is 2.33 bits per heavy atom. The third kappa shape index (κ3) is 2.75. The van der Waals surface area contributed by atoms with E-state index in [4.69, 9.17) is 10.6 Å². The van der Waals surface area contributed by atoms with E-state index in [0.717, 1.165) is 5.69 Å². The van der Waals surface area contributed by atoms with Crippen LogP contribution in [0.25, 0.3) is 0 Å². The van der Waals surface area contributed by atoms with Crippen LogP contribution in [0, 0.1) is 0 Å². The van der Waals surface area contributed by atoms with Crippen LogP contribution in [-0.2, 0) is 11.8 Å². The van der Waals surface area contributed by atoms with Crippen LogP contribution in [0.5, 0.6) is 0 Å². The van der Waals surface area contributed by atoms with E-state index in [1.807, 2.05) is 20.9 Å². The van der Waals surface area contributed by atoms with E-state index in [2.05, 4.69) is 31.7 Å². The number of hydrogen-bond acceptors (Lipinski definition) is 5. The Hall–Kier alpha value is -0.500. The van der Waals surface area contributed by atoms with E-state index in [1.165, 1.54) is 0 Å². The van der Waals surface area contributed by atoms with Crippen molar-refractivity contribution in [3.8, 4) is 0 Å². The number of hydrazine groups is 1. The molecule has 0 amide bonds. The van der Waals surface area contributed by atoms with E-state index >= 15 is 0 Å². The molecule has 0 radical (unpaired) electrons. The zero-order chi connectivity index (χ0) is 11.4. The van der Waals surface area contributed by atoms with Gasteiger partial charge in [0, 0.05) is 13.7 Å². The molecule has 0 saturated carbocycles. The van der Waals surface area contributed by atoms with Gasteiger partial charge in [-0.1, -0.05) is 5.21 Å². The standard InChI is InChI=1S/C8H16BrN5O/c1-4-15-5(2)6(11-10)7-8(9)12-13-14(7)3/h5-6,11H,4,10H2,1-3H3. The van der Waals surface area contributed by atoms with E-state index in [1.54, 1.807) is 4.68 Å². The Bertz CT molecular complexity index is 296. The quantitative estimate of drug-likeness (QED) is 0.606. The summed E-state index contributed by atoms with van der Waals surface area (Å²) in [7, 11) is 1.82. The number of halogens is 1. The van der Waals surface area contributed by atoms with E-state index < -0.39 is 0 Å². The first kappa shape index (κ1) is 12.6. The fraction of sp³-hybridized carbons (Fsp3) is 0.750. The van der Waals surface area contributed by atoms with Crippen LogP contribution in [0.3, 0.4) is 0 Å². The van der Waals surface area contributed by atoms with Gasteiger partial charge in [-0.05, 0) is 29.8 Å². The van der Waals surface area contributed by atoms with Crippen LogP contribution in [-0.4, -0.2) is 27.7 Å². The van der Waals surface area contributed by atoms with Gasteiger partial charge in [-0.2, -0.15) is 0 Å². The van der Waals surface area contributed by atoms with E-state index in [0.29, 0.717) is 11.2 Å². The summed E-state index contributed by atoms with van der Waals surface area (Å²) in [4.78, 5) is 0. The largest absolute Gasteiger partial charge is 0.377 e. The molecule has 7 heteroatoms. The summed E-state index contributed by atoms with van der Waals surface area (Å²) >= 11 is 3.33. The van der Waals surface area contributed by atoms with Gasteiger partial charge in [-0.25, -0.2) is 10.1 Å². The summed E-state index contributed by atoms with van der Waals surface area (Å²) < 4.78 is 7.85. The highest BCUT2D eigenvalue weighted by atomic mass is 79.9. The van der Waals surface area contributed by atoms with E-state index in [-0.39, 0.29) is 12.1 Å². The van der Waals surface area contributed by atoms with Crippen molar-refractivity contribution in [2.75, 3.05) is 6.61 Å². The highest BCUT2D eigenvalue weighted by Crippen LogP contribution is 2.23. The highest BCUT2D eigenvalue weighted by Gasteiger charge is 2.24. The first-order chi connectivity index (χ1) is 7.11. The predicted molar refractivity (Wildman–Crippen MR) is 59.9 cm³/mol. The van der Waals surface area contributed by atoms with Gasteiger partial charge < -0.3 is 4.74 Å². The van der Waals surface area contributed by atoms with Crippen LogP contribution in [0.2, 0.25) is 0 Å². The molecule has 0 fully saturated rings. The van der Waals surface area contributed by atoms with Crippen molar-refractivity contribution in [2.24, 2.45) is 12.9 Å². The molecule has 1 aromatic rings. The molecule has 0 bridgehead atoms. The van der Waals surface area contributed by atoms with Crippen molar-refractivity contribution in [1.82, 2.24) is 20.4 Å². The molecule has 0 aliphatic carbocycles. The average molecular weight is 278 g/mol. The molecule has 86 valence electrons. The van der Waals surface area contributed by atoms with Gasteiger partial charge in [0.25, 0.3) is 0 Å². The minimum absolute atomic E-state index is 0.0477. The van der Waals surface area contributed by atoms with Crippen molar-refractivity contribution >= 4 is 15.9 Å². The smallest absolute Gasteiger partial charge is 0.153 e. The van der Waals surface area contributed by atoms with Gasteiger partial charge in [-0.3, -0.25) is 5.84 Å². The van der Waals surface area contributed by atoms with Crippen molar-refractivity contribution in [3.05, 3.63) is 10.3 Å². The fourth-order valence-corrected chi connectivity index (χ4v) is 2.04. The van der Waals surface area contributed by atoms with E-state index in [9.17, 15) is 0 Å². The molecular formula is C8H16BrN5O. The normalized spacial score (nSPS) is 15.3. The molecule has 0 aromatic carbocycles. The minimum atomic E-state index is -0.140. The number of nitrogens with zero attached hydrogens (tertiary/aromatic N) is 3. The zero-order valence-corrected chi connectivity index (χ0v) is 10.7. The summed E-state index contributed by atoms with van der Waals surface area (Å²) in [6.45, 7) is 4.54. The van der Waals surface area contributed by atoms with Gasteiger partial charge in [0.15, 0.2) is 4.60 Å². The van der Waals surface area contributed by atoms with Crippen LogP contribution in [0.4, 0.5) is 0 Å². The van der Waals surface area contributed by atoms with Crippen LogP contribution in [0.15, 0.2) is 4.60 Å². The topological polar surface area (TPSA) is 78.0 Å². The first-order valence-electron chi connectivity index (χ1n) is 4.74. The lowest BCUT2D eigenvalue weighted by molar-refractivity contribution is 0.0449. The minimum Gasteiger partial charge on any atom is -0.377 e. The Morgan fingerprint density at radius 3 is 2.73 bits per heavy atom. The SMILES string of the molecule is CCOC(C)C(NN)c1c(Br)nnn1C. The maximum atomic E-state index is 5.51. The molecule has 0 spiro atoms. The van der Waals surface area contributed by atoms with Crippen LogP contribution < -0.4 is 11.3 Å². The molecule has 2 unspecified atom stereocenters. The molecule has 15 heavy (non-hydrogen) atoms. The second-order valence-electron chi connectivity index (χ2n) is 3.19. The van der Waals surface area contributed by atoms with Gasteiger partial charge in [0.2, 0.25) is 0 Å². The fourth-order valence-electron chi connectivity index (χ4n) is 1.46. The van der Waals surface area contributed by atoms with Crippen molar-refractivity contribution in [2.45, 2.75) is 26.0 Å². The average Bonchev–Trinajstić information content (AvgIpc) is 2.51. The summed E-state index contributed by atoms with van der Waals surface area (Å²) in [5, 5.41) is 7.80. The molecule has 6 nitrogen and oxygen atoms in total. The maximum absolute atomic E-state index is 5.51. The number of aryl methyl sites for hydroxylation is 1. The Morgan fingerprint density at radius 1 is 1.67 bits per heavy atom. The molecule has 1 aromatic heterocycles. The lowest BCUT2D eigenvalue weighted by Gasteiger charge is -2.23. The van der Waals surface area contributed by atoms with Crippen molar-refractivity contribution < 1.29 is 4.74 Å². The molecule has 1 heterocycles. The van der Waals surface area contributed by atoms with Gasteiger partial charge in [0.05, 0.1) is 17.8 Å². The monoisotopic (exact) mass is 277 g/mol. The summed E-state index contributed by atoms with van der Waals surface area (Å²) in [5.74, 6) is 5.51. The molecule has 0 aliphatic heterocycles. The number of hydrogen-bond donors (Lipinski definition) is 2. The third-order valence-corrected chi connectivity index (χ3v) is 2.76. The maximum Gasteiger partial charge on any atom is 0.153 e. The molecule has 0 saturated heterocycles. The molecule has 1 rings (SSSR count). The molecular weight excluding hydrogens is 262 g/mol. The molecule has 3 N–H and O–H groups in total. The number of nitrogens with one attached hydrogen (secondary N) is 1. The molecule has 2 atom stereocenters. The highest BCUT2D eigenvalue weighted by molar-refractivity contribution is 9.10. The Kier molecular flexibility index (Phi) is 4.65. The van der Waals surface area contributed by atoms with Gasteiger partial charge in [-0.15, -0.1) is 5.10 Å². The number of nitrogens with two attached hydrogens (primary N) is 1. The summed E-state index contributed by atoms with van der Waals surface area (Å²) in [6.07, 6.45) is -0.0477. The van der Waals surface area contributed by atoms with Crippen molar-refractivity contribution in [1.29, 1.82) is 0 Å². The predicted octanol–water partition coefficient (Wildman–Crippen LogP) is 0.507. The third-order valence-electron chi connectivity index (χ3n) is 2.20. The zero-order valence-electron chi connectivity index (χ0n) is 9.07. The van der Waals surface area contributed by atoms with Crippen LogP contribution >= 0.6 is 15.9 Å². The summed E-state index contributed by atoms with van der Waals surface area (Å²) in [6, 6.07) is -0.140. The van der Waals surface area contributed by atoms with Crippen LogP contribution in [0.1, 0.15) is 25.6 Å². The van der Waals surface area contributed by atoms with Crippen molar-refractivity contribution in [3.63, 3.8) is 0 Å². The lowest BCUT2D eigenvalue weighted by atomic mass is 10.1. The second-order valence-corrected chi connectivity index (χ2v) is 3.95. The Balaban J connectivity index is 2.91. The molecule has 0 aliphatic rings. The number of aromatic nitrogens is 3. The number of ether oxygens (including phenoxy) is 1. The summed E-state index contributed by atoms with van der Waals surface area (Å²) in [5.41, 5.74) is 3.59. The first-order valence-corrected chi connectivity index (χ1v) is 5.53. The lowest BCUT2D eigenvalue weighted by Crippen LogP contribution is -2.38. The number of rotatable bonds is 5. The Labute approximate surface area is 97.3 Å². The van der Waals surface area contributed by atoms with Gasteiger partial charge in [0.1, 0.15) is 0 Å². The van der Waals surface area contributed by atoms with Gasteiger partial charge >= 0.3 is 0 Å². The second kappa shape index (κ2) is 5.55.